The van der Waals surface area contributed by atoms with Crippen LogP contribution in [0, 0.1) is 0 Å². The zero-order chi connectivity index (χ0) is 16.5. The molecule has 6 nitrogen and oxygen atoms in total. The molecule has 0 heterocycles. The number of benzene rings is 1. The van der Waals surface area contributed by atoms with Gasteiger partial charge in [0.2, 0.25) is 0 Å². The van der Waals surface area contributed by atoms with Gasteiger partial charge in [-0.1, -0.05) is 13.0 Å². The number of carboxylic acids is 1. The average Bonchev–Trinajstić information content (AvgIpc) is 2.40. The number of sulfone groups is 1. The van der Waals surface area contributed by atoms with Crippen LogP contribution in [-0.2, 0) is 21.1 Å². The molecule has 2 N–H and O–H groups in total. The van der Waals surface area contributed by atoms with E-state index in [1.54, 1.807) is 6.07 Å². The van der Waals surface area contributed by atoms with Gasteiger partial charge >= 0.3 is 5.97 Å². The van der Waals surface area contributed by atoms with Gasteiger partial charge in [-0.2, -0.15) is 0 Å². The van der Waals surface area contributed by atoms with Crippen molar-refractivity contribution in [3.8, 4) is 0 Å². The Kier molecular flexibility index (Phi) is 4.28. The van der Waals surface area contributed by atoms with E-state index in [0.29, 0.717) is 24.8 Å². The topological polar surface area (TPSA) is 101 Å². The molecule has 0 atom stereocenters. The number of nitrogens with one attached hydrogen (secondary N) is 1. The lowest BCUT2D eigenvalue weighted by atomic mass is 9.76. The Bertz CT molecular complexity index is 719. The van der Waals surface area contributed by atoms with Crippen molar-refractivity contribution >= 4 is 21.7 Å². The molecule has 1 aliphatic carbocycles. The Morgan fingerprint density at radius 3 is 2.36 bits per heavy atom. The van der Waals surface area contributed by atoms with Gasteiger partial charge in [-0.05, 0) is 43.4 Å². The fraction of sp³-hybridized carbons (Fsp3) is 0.467. The number of carboxylic acid groups (broad SMARTS) is 1. The second kappa shape index (κ2) is 5.72. The first-order chi connectivity index (χ1) is 10.2. The monoisotopic (exact) mass is 325 g/mol. The lowest BCUT2D eigenvalue weighted by molar-refractivity contribution is -0.148. The van der Waals surface area contributed by atoms with E-state index in [4.69, 9.17) is 0 Å². The van der Waals surface area contributed by atoms with Crippen molar-refractivity contribution in [3.05, 3.63) is 29.3 Å². The number of carbonyl (C=O) groups excluding carboxylic acids is 1. The normalized spacial score (nSPS) is 16.6. The first kappa shape index (κ1) is 16.5. The van der Waals surface area contributed by atoms with Crippen LogP contribution in [0.15, 0.2) is 23.1 Å². The molecule has 0 aliphatic heterocycles. The highest BCUT2D eigenvalue weighted by atomic mass is 32.2. The quantitative estimate of drug-likeness (QED) is 0.852. The largest absolute Gasteiger partial charge is 0.480 e. The van der Waals surface area contributed by atoms with Crippen LogP contribution in [0.4, 0.5) is 0 Å². The van der Waals surface area contributed by atoms with Crippen molar-refractivity contribution in [1.29, 1.82) is 0 Å². The average molecular weight is 325 g/mol. The molecule has 22 heavy (non-hydrogen) atoms. The van der Waals surface area contributed by atoms with Gasteiger partial charge in [0.15, 0.2) is 9.84 Å². The van der Waals surface area contributed by atoms with Gasteiger partial charge in [0, 0.05) is 11.8 Å². The standard InChI is InChI=1S/C15H19NO5S/c1-3-10-5-6-11(9-12(10)22(2,20)21)13(17)16-15(14(18)19)7-4-8-15/h5-6,9H,3-4,7-8H2,1-2H3,(H,16,17)(H,18,19). The minimum absolute atomic E-state index is 0.112. The number of amides is 1. The highest BCUT2D eigenvalue weighted by Gasteiger charge is 2.45. The zero-order valence-corrected chi connectivity index (χ0v) is 13.4. The molecule has 0 aromatic heterocycles. The van der Waals surface area contributed by atoms with E-state index in [1.807, 2.05) is 6.92 Å². The summed E-state index contributed by atoms with van der Waals surface area (Å²) in [5.41, 5.74) is -0.424. The molecule has 7 heteroatoms. The van der Waals surface area contributed by atoms with Crippen molar-refractivity contribution in [1.82, 2.24) is 5.32 Å². The zero-order valence-electron chi connectivity index (χ0n) is 12.5. The molecular weight excluding hydrogens is 306 g/mol. The Morgan fingerprint density at radius 1 is 1.32 bits per heavy atom. The van der Waals surface area contributed by atoms with E-state index < -0.39 is 27.3 Å². The molecular formula is C15H19NO5S. The van der Waals surface area contributed by atoms with Crippen LogP contribution in [0.2, 0.25) is 0 Å². The van der Waals surface area contributed by atoms with E-state index in [-0.39, 0.29) is 10.5 Å². The first-order valence-corrected chi connectivity index (χ1v) is 8.97. The fourth-order valence-corrected chi connectivity index (χ4v) is 3.57. The summed E-state index contributed by atoms with van der Waals surface area (Å²) in [5, 5.41) is 11.8. The number of hydrogen-bond donors (Lipinski definition) is 2. The molecule has 0 saturated heterocycles. The van der Waals surface area contributed by atoms with Crippen molar-refractivity contribution in [2.45, 2.75) is 43.0 Å². The molecule has 1 aromatic rings. The van der Waals surface area contributed by atoms with Crippen LogP contribution < -0.4 is 5.32 Å². The minimum Gasteiger partial charge on any atom is -0.480 e. The molecule has 1 aliphatic rings. The molecule has 1 aromatic carbocycles. The van der Waals surface area contributed by atoms with Crippen molar-refractivity contribution in [2.75, 3.05) is 6.26 Å². The SMILES string of the molecule is CCc1ccc(C(=O)NC2(C(=O)O)CCC2)cc1S(C)(=O)=O. The number of aliphatic carboxylic acids is 1. The maximum absolute atomic E-state index is 12.3. The molecule has 1 amide bonds. The van der Waals surface area contributed by atoms with Gasteiger partial charge in [0.1, 0.15) is 5.54 Å². The number of carbonyl (C=O) groups is 2. The summed E-state index contributed by atoms with van der Waals surface area (Å²) >= 11 is 0. The molecule has 0 spiro atoms. The summed E-state index contributed by atoms with van der Waals surface area (Å²) in [6, 6.07) is 4.44. The predicted octanol–water partition coefficient (Wildman–Crippen LogP) is 1.39. The molecule has 1 fully saturated rings. The fourth-order valence-electron chi connectivity index (χ4n) is 2.55. The molecule has 0 radical (unpaired) electrons. The Hall–Kier alpha value is -1.89. The van der Waals surface area contributed by atoms with Crippen LogP contribution in [0.1, 0.15) is 42.1 Å². The van der Waals surface area contributed by atoms with Crippen LogP contribution in [0.3, 0.4) is 0 Å². The number of hydrogen-bond acceptors (Lipinski definition) is 4. The Labute approximate surface area is 129 Å². The van der Waals surface area contributed by atoms with Gasteiger partial charge in [-0.3, -0.25) is 4.79 Å². The molecule has 0 unspecified atom stereocenters. The molecule has 0 bridgehead atoms. The van der Waals surface area contributed by atoms with E-state index in [9.17, 15) is 23.1 Å². The lowest BCUT2D eigenvalue weighted by Crippen LogP contribution is -2.59. The highest BCUT2D eigenvalue weighted by Crippen LogP contribution is 2.32. The third kappa shape index (κ3) is 2.99. The highest BCUT2D eigenvalue weighted by molar-refractivity contribution is 7.90. The van der Waals surface area contributed by atoms with Crippen LogP contribution in [0.25, 0.3) is 0 Å². The summed E-state index contributed by atoms with van der Waals surface area (Å²) in [7, 11) is -3.45. The number of aryl methyl sites for hydroxylation is 1. The second-order valence-corrected chi connectivity index (χ2v) is 7.63. The molecule has 2 rings (SSSR count). The van der Waals surface area contributed by atoms with Gasteiger partial charge in [0.05, 0.1) is 4.90 Å². The Morgan fingerprint density at radius 2 is 1.95 bits per heavy atom. The van der Waals surface area contributed by atoms with E-state index >= 15 is 0 Å². The van der Waals surface area contributed by atoms with Crippen LogP contribution >= 0.6 is 0 Å². The number of rotatable bonds is 5. The van der Waals surface area contributed by atoms with Gasteiger partial charge in [0.25, 0.3) is 5.91 Å². The van der Waals surface area contributed by atoms with Crippen molar-refractivity contribution < 1.29 is 23.1 Å². The first-order valence-electron chi connectivity index (χ1n) is 7.08. The third-order valence-electron chi connectivity index (χ3n) is 4.08. The van der Waals surface area contributed by atoms with Gasteiger partial charge < -0.3 is 10.4 Å². The maximum Gasteiger partial charge on any atom is 0.329 e. The summed E-state index contributed by atoms with van der Waals surface area (Å²) in [6.45, 7) is 1.83. The minimum atomic E-state index is -3.45. The third-order valence-corrected chi connectivity index (χ3v) is 5.26. The smallest absolute Gasteiger partial charge is 0.329 e. The summed E-state index contributed by atoms with van der Waals surface area (Å²) in [5.74, 6) is -1.62. The van der Waals surface area contributed by atoms with Crippen LogP contribution in [-0.4, -0.2) is 37.2 Å². The summed E-state index contributed by atoms with van der Waals surface area (Å²) in [6.07, 6.45) is 3.15. The van der Waals surface area contributed by atoms with Crippen LogP contribution in [0.5, 0.6) is 0 Å². The van der Waals surface area contributed by atoms with E-state index in [1.165, 1.54) is 12.1 Å². The summed E-state index contributed by atoms with van der Waals surface area (Å²) < 4.78 is 23.6. The summed E-state index contributed by atoms with van der Waals surface area (Å²) in [4.78, 5) is 23.7. The Balaban J connectivity index is 2.33. The molecule has 1 saturated carbocycles. The second-order valence-electron chi connectivity index (χ2n) is 5.64. The maximum atomic E-state index is 12.3. The van der Waals surface area contributed by atoms with Gasteiger partial charge in [-0.25, -0.2) is 13.2 Å². The van der Waals surface area contributed by atoms with Crippen molar-refractivity contribution in [2.24, 2.45) is 0 Å². The predicted molar refractivity (Wildman–Crippen MR) is 80.6 cm³/mol. The van der Waals surface area contributed by atoms with Crippen molar-refractivity contribution in [3.63, 3.8) is 0 Å². The van der Waals surface area contributed by atoms with E-state index in [0.717, 1.165) is 12.7 Å². The van der Waals surface area contributed by atoms with E-state index in [2.05, 4.69) is 5.32 Å². The van der Waals surface area contributed by atoms with Gasteiger partial charge in [-0.15, -0.1) is 0 Å². The lowest BCUT2D eigenvalue weighted by Gasteiger charge is -2.38. The molecule has 120 valence electrons.